The van der Waals surface area contributed by atoms with Crippen LogP contribution in [0.25, 0.3) is 16.0 Å². The Labute approximate surface area is 246 Å². The SMILES string of the molecule is CCCCOc1ccc([C@@H]2C(=C(O)c3ccc4c(c3)C[C@@H](C)O4)C(=O)C(=O)N2c2nc3ccc(F)cc3s2)cc1OC. The van der Waals surface area contributed by atoms with E-state index in [1.54, 1.807) is 36.4 Å². The van der Waals surface area contributed by atoms with Gasteiger partial charge in [0.15, 0.2) is 16.6 Å². The number of unbranched alkanes of at least 4 members (excludes halogenated alkanes) is 1. The molecule has 8 nitrogen and oxygen atoms in total. The van der Waals surface area contributed by atoms with Crippen LogP contribution in [0.15, 0.2) is 60.2 Å². The molecular formula is C32H29FN2O6S. The number of carbonyl (C=O) groups excluding carboxylic acids is 2. The molecule has 0 spiro atoms. The fourth-order valence-electron chi connectivity index (χ4n) is 5.36. The molecule has 0 saturated carbocycles. The Morgan fingerprint density at radius 2 is 1.98 bits per heavy atom. The van der Waals surface area contributed by atoms with Crippen molar-refractivity contribution in [3.63, 3.8) is 0 Å². The van der Waals surface area contributed by atoms with Crippen LogP contribution in [0, 0.1) is 5.82 Å². The summed E-state index contributed by atoms with van der Waals surface area (Å²) in [7, 11) is 1.51. The summed E-state index contributed by atoms with van der Waals surface area (Å²) in [4.78, 5) is 33.1. The smallest absolute Gasteiger partial charge is 0.301 e. The molecule has 42 heavy (non-hydrogen) atoms. The Kier molecular flexibility index (Phi) is 7.32. The first-order valence-corrected chi connectivity index (χ1v) is 14.6. The average Bonchev–Trinajstić information content (AvgIpc) is 3.64. The number of halogens is 1. The average molecular weight is 589 g/mol. The minimum atomic E-state index is -1.03. The number of thiazole rings is 1. The Hall–Kier alpha value is -4.44. The summed E-state index contributed by atoms with van der Waals surface area (Å²) in [6, 6.07) is 13.5. The van der Waals surface area contributed by atoms with E-state index < -0.39 is 23.5 Å². The van der Waals surface area contributed by atoms with Crippen molar-refractivity contribution in [2.75, 3.05) is 18.6 Å². The molecule has 2 aliphatic heterocycles. The van der Waals surface area contributed by atoms with Gasteiger partial charge < -0.3 is 19.3 Å². The van der Waals surface area contributed by atoms with Crippen LogP contribution in [0.2, 0.25) is 0 Å². The number of ketones is 1. The molecule has 0 unspecified atom stereocenters. The summed E-state index contributed by atoms with van der Waals surface area (Å²) in [6.45, 7) is 4.53. The second-order valence-electron chi connectivity index (χ2n) is 10.3. The van der Waals surface area contributed by atoms with Gasteiger partial charge in [-0.15, -0.1) is 0 Å². The molecule has 1 amide bonds. The van der Waals surface area contributed by atoms with Crippen molar-refractivity contribution < 1.29 is 33.3 Å². The van der Waals surface area contributed by atoms with Gasteiger partial charge in [0, 0.05) is 12.0 Å². The molecular weight excluding hydrogens is 559 g/mol. The summed E-state index contributed by atoms with van der Waals surface area (Å²) in [6.07, 6.45) is 2.49. The van der Waals surface area contributed by atoms with E-state index in [1.165, 1.54) is 30.2 Å². The number of ether oxygens (including phenoxy) is 3. The van der Waals surface area contributed by atoms with Crippen LogP contribution < -0.4 is 19.1 Å². The monoisotopic (exact) mass is 588 g/mol. The molecule has 216 valence electrons. The van der Waals surface area contributed by atoms with Crippen LogP contribution in [0.1, 0.15) is 49.4 Å². The van der Waals surface area contributed by atoms with E-state index in [9.17, 15) is 19.1 Å². The van der Waals surface area contributed by atoms with Gasteiger partial charge in [0.1, 0.15) is 23.4 Å². The number of aliphatic hydroxyl groups excluding tert-OH is 1. The van der Waals surface area contributed by atoms with Gasteiger partial charge in [-0.25, -0.2) is 9.37 Å². The summed E-state index contributed by atoms with van der Waals surface area (Å²) in [5.74, 6) is -0.774. The van der Waals surface area contributed by atoms with Gasteiger partial charge >= 0.3 is 5.91 Å². The number of Topliss-reactive ketones (excluding diaryl/α,β-unsaturated/α-hetero) is 1. The normalized spacial score (nSPS) is 19.3. The van der Waals surface area contributed by atoms with Crippen molar-refractivity contribution >= 4 is 44.1 Å². The summed E-state index contributed by atoms with van der Waals surface area (Å²) >= 11 is 1.09. The molecule has 1 saturated heterocycles. The van der Waals surface area contributed by atoms with E-state index in [0.29, 0.717) is 45.9 Å². The third-order valence-corrected chi connectivity index (χ3v) is 8.44. The Morgan fingerprint density at radius 1 is 1.14 bits per heavy atom. The second kappa shape index (κ2) is 11.1. The highest BCUT2D eigenvalue weighted by Gasteiger charge is 2.48. The maximum atomic E-state index is 14.0. The number of hydrogen-bond donors (Lipinski definition) is 1. The number of fused-ring (bicyclic) bond motifs is 2. The number of amides is 1. The van der Waals surface area contributed by atoms with Gasteiger partial charge in [-0.3, -0.25) is 14.5 Å². The zero-order chi connectivity index (χ0) is 29.5. The molecule has 10 heteroatoms. The minimum Gasteiger partial charge on any atom is -0.507 e. The number of nitrogens with zero attached hydrogens (tertiary/aromatic N) is 2. The van der Waals surface area contributed by atoms with Crippen molar-refractivity contribution in [2.24, 2.45) is 0 Å². The van der Waals surface area contributed by atoms with Crippen molar-refractivity contribution in [3.8, 4) is 17.2 Å². The van der Waals surface area contributed by atoms with Crippen molar-refractivity contribution in [1.29, 1.82) is 0 Å². The lowest BCUT2D eigenvalue weighted by Gasteiger charge is -2.24. The van der Waals surface area contributed by atoms with Gasteiger partial charge in [-0.05, 0) is 73.0 Å². The second-order valence-corrected chi connectivity index (χ2v) is 11.4. The maximum absolute atomic E-state index is 14.0. The molecule has 0 radical (unpaired) electrons. The number of hydrogen-bond acceptors (Lipinski definition) is 8. The molecule has 2 aliphatic rings. The third-order valence-electron chi connectivity index (χ3n) is 7.42. The maximum Gasteiger partial charge on any atom is 0.301 e. The molecule has 6 rings (SSSR count). The molecule has 0 bridgehead atoms. The van der Waals surface area contributed by atoms with Gasteiger partial charge in [0.2, 0.25) is 0 Å². The minimum absolute atomic E-state index is 0.00243. The van der Waals surface area contributed by atoms with Crippen LogP contribution in [0.4, 0.5) is 9.52 Å². The van der Waals surface area contributed by atoms with E-state index in [0.717, 1.165) is 35.5 Å². The van der Waals surface area contributed by atoms with Crippen molar-refractivity contribution in [1.82, 2.24) is 4.98 Å². The molecule has 0 aliphatic carbocycles. The van der Waals surface area contributed by atoms with Gasteiger partial charge in [-0.1, -0.05) is 30.7 Å². The first kappa shape index (κ1) is 27.7. The van der Waals surface area contributed by atoms with E-state index in [2.05, 4.69) is 11.9 Å². The van der Waals surface area contributed by atoms with Crippen LogP contribution >= 0.6 is 11.3 Å². The highest BCUT2D eigenvalue weighted by molar-refractivity contribution is 7.22. The lowest BCUT2D eigenvalue weighted by Crippen LogP contribution is -2.29. The van der Waals surface area contributed by atoms with Crippen LogP contribution in [-0.2, 0) is 16.0 Å². The van der Waals surface area contributed by atoms with Gasteiger partial charge in [-0.2, -0.15) is 0 Å². The van der Waals surface area contributed by atoms with E-state index >= 15 is 0 Å². The number of anilines is 1. The first-order valence-electron chi connectivity index (χ1n) is 13.8. The molecule has 3 aromatic carbocycles. The Bertz CT molecular complexity index is 1750. The van der Waals surface area contributed by atoms with E-state index in [1.807, 2.05) is 6.92 Å². The predicted octanol–water partition coefficient (Wildman–Crippen LogP) is 6.57. The lowest BCUT2D eigenvalue weighted by atomic mass is 9.94. The topological polar surface area (TPSA) is 98.2 Å². The fourth-order valence-corrected chi connectivity index (χ4v) is 6.38. The predicted molar refractivity (Wildman–Crippen MR) is 158 cm³/mol. The largest absolute Gasteiger partial charge is 0.507 e. The third kappa shape index (κ3) is 4.85. The van der Waals surface area contributed by atoms with Crippen molar-refractivity contribution in [3.05, 3.63) is 82.7 Å². The zero-order valence-corrected chi connectivity index (χ0v) is 24.2. The number of benzene rings is 3. The molecule has 2 atom stereocenters. The highest BCUT2D eigenvalue weighted by Crippen LogP contribution is 2.46. The number of rotatable bonds is 8. The quantitative estimate of drug-likeness (QED) is 0.108. The van der Waals surface area contributed by atoms with Crippen molar-refractivity contribution in [2.45, 2.75) is 45.3 Å². The number of aromatic nitrogens is 1. The molecule has 1 N–H and O–H groups in total. The van der Waals surface area contributed by atoms with Gasteiger partial charge in [0.25, 0.3) is 5.78 Å². The summed E-state index contributed by atoms with van der Waals surface area (Å²) < 4.78 is 31.8. The molecule has 1 aromatic heterocycles. The number of aliphatic hydroxyl groups is 1. The van der Waals surface area contributed by atoms with Crippen LogP contribution in [0.5, 0.6) is 17.2 Å². The lowest BCUT2D eigenvalue weighted by molar-refractivity contribution is -0.132. The van der Waals surface area contributed by atoms with Gasteiger partial charge in [0.05, 0.1) is 35.5 Å². The molecule has 3 heterocycles. The molecule has 4 aromatic rings. The van der Waals surface area contributed by atoms with E-state index in [4.69, 9.17) is 14.2 Å². The Balaban J connectivity index is 1.51. The number of methoxy groups -OCH3 is 1. The number of carbonyl (C=O) groups is 2. The summed E-state index contributed by atoms with van der Waals surface area (Å²) in [5, 5.41) is 11.8. The summed E-state index contributed by atoms with van der Waals surface area (Å²) in [5.41, 5.74) is 2.22. The highest BCUT2D eigenvalue weighted by atomic mass is 32.1. The fraction of sp³-hybridized carbons (Fsp3) is 0.281. The van der Waals surface area contributed by atoms with Crippen LogP contribution in [-0.4, -0.2) is 41.6 Å². The Morgan fingerprint density at radius 3 is 2.76 bits per heavy atom. The first-order chi connectivity index (χ1) is 20.3. The van der Waals surface area contributed by atoms with Crippen LogP contribution in [0.3, 0.4) is 0 Å². The zero-order valence-electron chi connectivity index (χ0n) is 23.3. The standard InChI is InChI=1S/C32H29FN2O6S/c1-4-5-12-40-24-11-6-18(15-25(24)39-3)28-27(29(36)19-7-10-23-20(14-19)13-17(2)41-23)30(37)31(38)35(28)32-34-22-9-8-21(33)16-26(22)42-32/h6-11,14-17,28,36H,4-5,12-13H2,1-3H3/t17-,28-/m1/s1. The van der Waals surface area contributed by atoms with E-state index in [-0.39, 0.29) is 22.6 Å². The molecule has 1 fully saturated rings.